The number of ketones is 1. The first-order valence-electron chi connectivity index (χ1n) is 6.46. The fourth-order valence-electron chi connectivity index (χ4n) is 2.51. The molecule has 1 fully saturated rings. The molecule has 0 aromatic rings. The van der Waals surface area contributed by atoms with E-state index < -0.39 is 0 Å². The van der Waals surface area contributed by atoms with Gasteiger partial charge in [0, 0.05) is 32.7 Å². The molecule has 0 N–H and O–H groups in total. The summed E-state index contributed by atoms with van der Waals surface area (Å²) in [5.41, 5.74) is 0. The predicted octanol–water partition coefficient (Wildman–Crippen LogP) is 2.25. The quantitative estimate of drug-likeness (QED) is 0.652. The van der Waals surface area contributed by atoms with E-state index in [1.807, 2.05) is 0 Å². The molecule has 3 nitrogen and oxygen atoms in total. The fourth-order valence-corrected chi connectivity index (χ4v) is 2.51. The molecule has 1 aliphatic heterocycles. The summed E-state index contributed by atoms with van der Waals surface area (Å²) in [4.78, 5) is 13.7. The van der Waals surface area contributed by atoms with Gasteiger partial charge in [0.2, 0.25) is 0 Å². The molecule has 0 spiro atoms. The molecule has 0 radical (unpaired) electrons. The minimum Gasteiger partial charge on any atom is -0.385 e. The van der Waals surface area contributed by atoms with E-state index in [0.29, 0.717) is 11.8 Å². The van der Waals surface area contributed by atoms with Crippen LogP contribution < -0.4 is 0 Å². The fraction of sp³-hybridized carbons (Fsp3) is 0.923. The number of ether oxygens (including phenoxy) is 1. The van der Waals surface area contributed by atoms with Crippen LogP contribution >= 0.6 is 0 Å². The summed E-state index contributed by atoms with van der Waals surface area (Å²) in [5, 5.41) is 0. The highest BCUT2D eigenvalue weighted by molar-refractivity contribution is 5.76. The van der Waals surface area contributed by atoms with E-state index >= 15 is 0 Å². The second-order valence-corrected chi connectivity index (χ2v) is 4.79. The Morgan fingerprint density at radius 3 is 2.88 bits per heavy atom. The number of methoxy groups -OCH3 is 1. The standard InChI is InChI=1S/C13H25NO2/c1-12(15)11-13-7-4-3-5-8-14(13)9-6-10-16-2/h13H,3-11H2,1-2H3. The lowest BCUT2D eigenvalue weighted by atomic mass is 10.0. The average Bonchev–Trinajstić information content (AvgIpc) is 2.44. The van der Waals surface area contributed by atoms with Crippen molar-refractivity contribution in [2.45, 2.75) is 51.5 Å². The van der Waals surface area contributed by atoms with Crippen LogP contribution in [0.2, 0.25) is 0 Å². The molecular formula is C13H25NO2. The minimum atomic E-state index is 0.323. The van der Waals surface area contributed by atoms with Crippen molar-refractivity contribution in [3.05, 3.63) is 0 Å². The van der Waals surface area contributed by atoms with Crippen LogP contribution in [0, 0.1) is 0 Å². The molecule has 1 heterocycles. The van der Waals surface area contributed by atoms with Crippen LogP contribution in [0.25, 0.3) is 0 Å². The smallest absolute Gasteiger partial charge is 0.131 e. The maximum Gasteiger partial charge on any atom is 0.131 e. The van der Waals surface area contributed by atoms with Gasteiger partial charge in [-0.2, -0.15) is 0 Å². The topological polar surface area (TPSA) is 29.5 Å². The first-order valence-corrected chi connectivity index (χ1v) is 6.46. The van der Waals surface area contributed by atoms with Gasteiger partial charge in [0.1, 0.15) is 5.78 Å². The highest BCUT2D eigenvalue weighted by atomic mass is 16.5. The lowest BCUT2D eigenvalue weighted by Crippen LogP contribution is -2.37. The van der Waals surface area contributed by atoms with E-state index in [1.165, 1.54) is 25.7 Å². The predicted molar refractivity (Wildman–Crippen MR) is 65.6 cm³/mol. The normalized spacial score (nSPS) is 23.0. The molecule has 0 aliphatic carbocycles. The van der Waals surface area contributed by atoms with Gasteiger partial charge in [-0.05, 0) is 32.7 Å². The van der Waals surface area contributed by atoms with Crippen molar-refractivity contribution >= 4 is 5.78 Å². The van der Waals surface area contributed by atoms with Crippen molar-refractivity contribution in [2.75, 3.05) is 26.8 Å². The monoisotopic (exact) mass is 227 g/mol. The zero-order valence-corrected chi connectivity index (χ0v) is 10.7. The van der Waals surface area contributed by atoms with Crippen LogP contribution in [0.3, 0.4) is 0 Å². The van der Waals surface area contributed by atoms with E-state index in [2.05, 4.69) is 4.90 Å². The Morgan fingerprint density at radius 2 is 2.19 bits per heavy atom. The SMILES string of the molecule is COCCCN1CCCCCC1CC(C)=O. The lowest BCUT2D eigenvalue weighted by molar-refractivity contribution is -0.118. The molecule has 94 valence electrons. The Hall–Kier alpha value is -0.410. The van der Waals surface area contributed by atoms with Gasteiger partial charge in [-0.1, -0.05) is 12.8 Å². The van der Waals surface area contributed by atoms with Gasteiger partial charge in [0.25, 0.3) is 0 Å². The number of hydrogen-bond acceptors (Lipinski definition) is 3. The Labute approximate surface area is 99.1 Å². The Morgan fingerprint density at radius 1 is 1.38 bits per heavy atom. The molecule has 1 unspecified atom stereocenters. The van der Waals surface area contributed by atoms with Gasteiger partial charge < -0.3 is 4.74 Å². The molecule has 1 rings (SSSR count). The van der Waals surface area contributed by atoms with Gasteiger partial charge in [-0.25, -0.2) is 0 Å². The van der Waals surface area contributed by atoms with Crippen molar-refractivity contribution in [2.24, 2.45) is 0 Å². The molecule has 1 saturated heterocycles. The molecule has 0 amide bonds. The summed E-state index contributed by atoms with van der Waals surface area (Å²) in [6.07, 6.45) is 6.86. The zero-order valence-electron chi connectivity index (χ0n) is 10.7. The van der Waals surface area contributed by atoms with Crippen LogP contribution in [-0.2, 0) is 9.53 Å². The highest BCUT2D eigenvalue weighted by Gasteiger charge is 2.21. The van der Waals surface area contributed by atoms with Crippen LogP contribution in [0.5, 0.6) is 0 Å². The zero-order chi connectivity index (χ0) is 11.8. The van der Waals surface area contributed by atoms with E-state index in [-0.39, 0.29) is 0 Å². The second kappa shape index (κ2) is 7.80. The third kappa shape index (κ3) is 5.08. The summed E-state index contributed by atoms with van der Waals surface area (Å²) in [6, 6.07) is 0.483. The molecular weight excluding hydrogens is 202 g/mol. The third-order valence-corrected chi connectivity index (χ3v) is 3.32. The van der Waals surface area contributed by atoms with E-state index in [9.17, 15) is 4.79 Å². The molecule has 16 heavy (non-hydrogen) atoms. The minimum absolute atomic E-state index is 0.323. The Kier molecular flexibility index (Phi) is 6.65. The van der Waals surface area contributed by atoms with Crippen LogP contribution in [0.4, 0.5) is 0 Å². The average molecular weight is 227 g/mol. The van der Waals surface area contributed by atoms with Crippen LogP contribution in [-0.4, -0.2) is 43.5 Å². The first-order chi connectivity index (χ1) is 7.74. The van der Waals surface area contributed by atoms with Gasteiger partial charge >= 0.3 is 0 Å². The number of likely N-dealkylation sites (tertiary alicyclic amines) is 1. The number of Topliss-reactive ketones (excluding diaryl/α,β-unsaturated/α-hetero) is 1. The summed E-state index contributed by atoms with van der Waals surface area (Å²) in [5.74, 6) is 0.323. The molecule has 0 bridgehead atoms. The van der Waals surface area contributed by atoms with Gasteiger partial charge in [-0.15, -0.1) is 0 Å². The van der Waals surface area contributed by atoms with Crippen LogP contribution in [0.1, 0.15) is 45.4 Å². The number of carbonyl (C=O) groups excluding carboxylic acids is 1. The summed E-state index contributed by atoms with van der Waals surface area (Å²) in [6.45, 7) is 4.76. The number of carbonyl (C=O) groups is 1. The largest absolute Gasteiger partial charge is 0.385 e. The van der Waals surface area contributed by atoms with Crippen molar-refractivity contribution in [1.29, 1.82) is 0 Å². The van der Waals surface area contributed by atoms with E-state index in [4.69, 9.17) is 4.74 Å². The summed E-state index contributed by atoms with van der Waals surface area (Å²) < 4.78 is 5.09. The maximum atomic E-state index is 11.2. The molecule has 1 aliphatic rings. The van der Waals surface area contributed by atoms with Crippen LogP contribution in [0.15, 0.2) is 0 Å². The number of nitrogens with zero attached hydrogens (tertiary/aromatic N) is 1. The number of rotatable bonds is 6. The van der Waals surface area contributed by atoms with Crippen molar-refractivity contribution in [1.82, 2.24) is 4.90 Å². The Bertz CT molecular complexity index is 206. The first kappa shape index (κ1) is 13.7. The third-order valence-electron chi connectivity index (χ3n) is 3.32. The molecule has 3 heteroatoms. The van der Waals surface area contributed by atoms with Gasteiger partial charge in [0.05, 0.1) is 0 Å². The number of hydrogen-bond donors (Lipinski definition) is 0. The highest BCUT2D eigenvalue weighted by Crippen LogP contribution is 2.19. The molecule has 1 atom stereocenters. The maximum absolute atomic E-state index is 11.2. The molecule has 0 saturated carbocycles. The van der Waals surface area contributed by atoms with Crippen molar-refractivity contribution in [3.8, 4) is 0 Å². The van der Waals surface area contributed by atoms with Crippen molar-refractivity contribution < 1.29 is 9.53 Å². The van der Waals surface area contributed by atoms with E-state index in [0.717, 1.165) is 32.5 Å². The van der Waals surface area contributed by atoms with Crippen molar-refractivity contribution in [3.63, 3.8) is 0 Å². The van der Waals surface area contributed by atoms with E-state index in [1.54, 1.807) is 14.0 Å². The summed E-state index contributed by atoms with van der Waals surface area (Å²) >= 11 is 0. The molecule has 0 aromatic carbocycles. The molecule has 0 aromatic heterocycles. The van der Waals surface area contributed by atoms with Gasteiger partial charge in [0.15, 0.2) is 0 Å². The van der Waals surface area contributed by atoms with Gasteiger partial charge in [-0.3, -0.25) is 9.69 Å². The summed E-state index contributed by atoms with van der Waals surface area (Å²) in [7, 11) is 1.75. The second-order valence-electron chi connectivity index (χ2n) is 4.79. The lowest BCUT2D eigenvalue weighted by Gasteiger charge is -2.29. The Balaban J connectivity index is 2.41.